The van der Waals surface area contributed by atoms with Gasteiger partial charge in [-0.2, -0.15) is 0 Å². The molecule has 0 aromatic rings. The number of unbranched alkanes of at least 4 members (excludes halogenated alkanes) is 16. The average molecular weight is 1130 g/mol. The maximum atomic E-state index is 12.9. The number of ether oxygens (including phenoxy) is 3. The molecule has 0 fully saturated rings. The maximum absolute atomic E-state index is 12.9. The summed E-state index contributed by atoms with van der Waals surface area (Å²) in [5.41, 5.74) is 0. The number of hydrogen-bond donors (Lipinski definition) is 0. The van der Waals surface area contributed by atoms with Crippen LogP contribution in [0.4, 0.5) is 0 Å². The van der Waals surface area contributed by atoms with Crippen LogP contribution in [-0.2, 0) is 28.6 Å². The summed E-state index contributed by atoms with van der Waals surface area (Å²) in [5, 5.41) is 0. The van der Waals surface area contributed by atoms with E-state index < -0.39 is 6.10 Å². The fourth-order valence-electron chi connectivity index (χ4n) is 8.29. The fraction of sp³-hybridized carbons (Fsp3) is 0.566. The Morgan fingerprint density at radius 1 is 0.256 bits per heavy atom. The van der Waals surface area contributed by atoms with Crippen LogP contribution in [0, 0.1) is 0 Å². The molecule has 0 aromatic heterocycles. The predicted molar refractivity (Wildman–Crippen MR) is 357 cm³/mol. The fourth-order valence-corrected chi connectivity index (χ4v) is 8.29. The largest absolute Gasteiger partial charge is 0.462 e. The van der Waals surface area contributed by atoms with E-state index in [4.69, 9.17) is 14.2 Å². The normalized spacial score (nSPS) is 13.4. The molecule has 1 atom stereocenters. The van der Waals surface area contributed by atoms with Crippen molar-refractivity contribution < 1.29 is 28.6 Å². The third-order valence-electron chi connectivity index (χ3n) is 13.1. The summed E-state index contributed by atoms with van der Waals surface area (Å²) in [6.07, 6.45) is 102. The minimum atomic E-state index is -0.839. The first-order chi connectivity index (χ1) is 40.5. The second-order valence-corrected chi connectivity index (χ2v) is 20.9. The SMILES string of the molecule is CC/C=C\C/C=C\C/C=C\C/C=C\C/C=C\C/C=C\C/C=C\CCCCCC(=O)OCC(COC(=O)CCCCCCC/C=C\CCCCCCCCC)OC(=O)CCC/C=C\C/C=C\C/C=C\C/C=C\C/C=C\C/C=C\C/C=C\CC. The van der Waals surface area contributed by atoms with E-state index in [0.717, 1.165) is 154 Å². The van der Waals surface area contributed by atoms with E-state index in [1.54, 1.807) is 0 Å². The molecular weight excluding hydrogens is 1010 g/mol. The van der Waals surface area contributed by atoms with Crippen molar-refractivity contribution in [1.82, 2.24) is 0 Å². The highest BCUT2D eigenvalue weighted by Gasteiger charge is 2.19. The van der Waals surface area contributed by atoms with Gasteiger partial charge in [-0.05, 0) is 154 Å². The zero-order valence-electron chi connectivity index (χ0n) is 52.4. The van der Waals surface area contributed by atoms with Gasteiger partial charge in [0.25, 0.3) is 0 Å². The van der Waals surface area contributed by atoms with Gasteiger partial charge < -0.3 is 14.2 Å². The molecule has 0 rings (SSSR count). The molecule has 0 radical (unpaired) electrons. The second-order valence-electron chi connectivity index (χ2n) is 20.9. The van der Waals surface area contributed by atoms with Crippen molar-refractivity contribution in [2.75, 3.05) is 13.2 Å². The van der Waals surface area contributed by atoms with Crippen LogP contribution in [-0.4, -0.2) is 37.2 Å². The Bertz CT molecular complexity index is 1920. The Balaban J connectivity index is 4.59. The standard InChI is InChI=1S/C76H118O6/c1-4-7-10-13-16-19-22-25-28-31-33-35-37-38-40-41-43-45-48-51-54-57-60-63-66-69-75(78)81-72-73(71-80-74(77)68-65-62-59-56-53-50-47-30-27-24-21-18-15-12-9-6-3)82-76(79)70-67-64-61-58-55-52-49-46-44-42-39-36-34-32-29-26-23-20-17-14-11-8-5-2/h7-8,10-11,16-17,19-20,25-26,28-30,33-36,38,40,42-45,47,49,51-52,54,58,61,73H,4-6,9,12-15,18,21-24,27,31-32,37,39,41,46,48,50,53,55-57,59-60,62-72H2,1-3H3/b10-7-,11-8-,19-16-,20-17-,28-25-,29-26-,35-33-,36-34-,40-38-,44-42-,45-43-,47-30-,52-49-,54-51-,61-58-. The van der Waals surface area contributed by atoms with Crippen LogP contribution in [0.1, 0.15) is 258 Å². The molecule has 0 aliphatic heterocycles. The minimum Gasteiger partial charge on any atom is -0.462 e. The molecular formula is C76H118O6. The van der Waals surface area contributed by atoms with Crippen molar-refractivity contribution in [3.63, 3.8) is 0 Å². The molecule has 0 aliphatic rings. The van der Waals surface area contributed by atoms with E-state index in [1.807, 2.05) is 0 Å². The number of esters is 3. The van der Waals surface area contributed by atoms with Crippen molar-refractivity contribution in [2.45, 2.75) is 264 Å². The number of rotatable bonds is 57. The molecule has 82 heavy (non-hydrogen) atoms. The molecule has 0 saturated heterocycles. The van der Waals surface area contributed by atoms with Gasteiger partial charge in [0.15, 0.2) is 6.10 Å². The van der Waals surface area contributed by atoms with Crippen LogP contribution in [0.2, 0.25) is 0 Å². The average Bonchev–Trinajstić information content (AvgIpc) is 3.47. The lowest BCUT2D eigenvalue weighted by Gasteiger charge is -2.18. The summed E-state index contributed by atoms with van der Waals surface area (Å²) in [6, 6.07) is 0. The lowest BCUT2D eigenvalue weighted by atomic mass is 10.1. The third-order valence-corrected chi connectivity index (χ3v) is 13.1. The highest BCUT2D eigenvalue weighted by Crippen LogP contribution is 2.13. The van der Waals surface area contributed by atoms with Gasteiger partial charge in [-0.1, -0.05) is 267 Å². The lowest BCUT2D eigenvalue weighted by Crippen LogP contribution is -2.30. The lowest BCUT2D eigenvalue weighted by molar-refractivity contribution is -0.167. The van der Waals surface area contributed by atoms with E-state index in [-0.39, 0.29) is 37.5 Å². The van der Waals surface area contributed by atoms with Crippen LogP contribution in [0.25, 0.3) is 0 Å². The third kappa shape index (κ3) is 65.3. The minimum absolute atomic E-state index is 0.125. The van der Waals surface area contributed by atoms with Gasteiger partial charge in [0, 0.05) is 19.3 Å². The molecule has 0 saturated carbocycles. The summed E-state index contributed by atoms with van der Waals surface area (Å²) in [4.78, 5) is 38.4. The highest BCUT2D eigenvalue weighted by molar-refractivity contribution is 5.71. The van der Waals surface area contributed by atoms with Crippen molar-refractivity contribution in [2.24, 2.45) is 0 Å². The van der Waals surface area contributed by atoms with Crippen LogP contribution >= 0.6 is 0 Å². The van der Waals surface area contributed by atoms with Gasteiger partial charge in [0.2, 0.25) is 0 Å². The number of allylic oxidation sites excluding steroid dienone is 30. The Morgan fingerprint density at radius 3 is 0.805 bits per heavy atom. The van der Waals surface area contributed by atoms with Crippen molar-refractivity contribution in [3.05, 3.63) is 182 Å². The molecule has 1 unspecified atom stereocenters. The molecule has 0 N–H and O–H groups in total. The van der Waals surface area contributed by atoms with Crippen LogP contribution in [0.5, 0.6) is 0 Å². The number of hydrogen-bond acceptors (Lipinski definition) is 6. The van der Waals surface area contributed by atoms with Crippen LogP contribution in [0.15, 0.2) is 182 Å². The number of carbonyl (C=O) groups is 3. The second kappa shape index (κ2) is 68.0. The van der Waals surface area contributed by atoms with Crippen LogP contribution in [0.3, 0.4) is 0 Å². The van der Waals surface area contributed by atoms with E-state index in [0.29, 0.717) is 19.3 Å². The Kier molecular flexibility index (Phi) is 63.5. The van der Waals surface area contributed by atoms with E-state index in [2.05, 4.69) is 203 Å². The molecule has 0 aromatic carbocycles. The summed E-state index contributed by atoms with van der Waals surface area (Å²) in [7, 11) is 0. The first-order valence-electron chi connectivity index (χ1n) is 32.8. The van der Waals surface area contributed by atoms with Gasteiger partial charge in [-0.25, -0.2) is 0 Å². The molecule has 0 bridgehead atoms. The van der Waals surface area contributed by atoms with Crippen molar-refractivity contribution in [3.8, 4) is 0 Å². The van der Waals surface area contributed by atoms with Gasteiger partial charge in [-0.3, -0.25) is 14.4 Å². The topological polar surface area (TPSA) is 78.9 Å². The van der Waals surface area contributed by atoms with Gasteiger partial charge in [0.1, 0.15) is 13.2 Å². The molecule has 6 heteroatoms. The first-order valence-corrected chi connectivity index (χ1v) is 32.8. The summed E-state index contributed by atoms with van der Waals surface area (Å²) >= 11 is 0. The zero-order valence-corrected chi connectivity index (χ0v) is 52.4. The quantitative estimate of drug-likeness (QED) is 0.0261. The number of carbonyl (C=O) groups excluding carboxylic acids is 3. The summed E-state index contributed by atoms with van der Waals surface area (Å²) in [5.74, 6) is -1.03. The van der Waals surface area contributed by atoms with Gasteiger partial charge >= 0.3 is 17.9 Å². The van der Waals surface area contributed by atoms with E-state index in [9.17, 15) is 14.4 Å². The first kappa shape index (κ1) is 76.5. The van der Waals surface area contributed by atoms with E-state index in [1.165, 1.54) is 57.8 Å². The monoisotopic (exact) mass is 1130 g/mol. The molecule has 0 aliphatic carbocycles. The molecule has 0 amide bonds. The van der Waals surface area contributed by atoms with Crippen LogP contribution < -0.4 is 0 Å². The van der Waals surface area contributed by atoms with Gasteiger partial charge in [0.05, 0.1) is 0 Å². The Labute approximate surface area is 504 Å². The molecule has 6 nitrogen and oxygen atoms in total. The van der Waals surface area contributed by atoms with Crippen molar-refractivity contribution >= 4 is 17.9 Å². The maximum Gasteiger partial charge on any atom is 0.306 e. The summed E-state index contributed by atoms with van der Waals surface area (Å²) in [6.45, 7) is 6.32. The van der Waals surface area contributed by atoms with Crippen molar-refractivity contribution in [1.29, 1.82) is 0 Å². The highest BCUT2D eigenvalue weighted by atomic mass is 16.6. The molecule has 458 valence electrons. The Hall–Kier alpha value is -5.49. The predicted octanol–water partition coefficient (Wildman–Crippen LogP) is 22.8. The smallest absolute Gasteiger partial charge is 0.306 e. The Morgan fingerprint density at radius 2 is 0.488 bits per heavy atom. The van der Waals surface area contributed by atoms with Gasteiger partial charge in [-0.15, -0.1) is 0 Å². The zero-order chi connectivity index (χ0) is 59.2. The molecule has 0 heterocycles. The summed E-state index contributed by atoms with van der Waals surface area (Å²) < 4.78 is 16.9. The molecule has 0 spiro atoms. The van der Waals surface area contributed by atoms with E-state index >= 15 is 0 Å².